The predicted octanol–water partition coefficient (Wildman–Crippen LogP) is 3.14. The molecule has 0 atom stereocenters. The number of carbonyl (C=O) groups is 1. The van der Waals surface area contributed by atoms with Crippen LogP contribution in [-0.4, -0.2) is 17.7 Å². The van der Waals surface area contributed by atoms with Crippen molar-refractivity contribution in [3.8, 4) is 5.75 Å². The lowest BCUT2D eigenvalue weighted by Crippen LogP contribution is -2.02. The molecule has 0 radical (unpaired) electrons. The first-order chi connectivity index (χ1) is 8.13. The van der Waals surface area contributed by atoms with Crippen molar-refractivity contribution in [3.63, 3.8) is 0 Å². The molecule has 1 aromatic rings. The van der Waals surface area contributed by atoms with Crippen LogP contribution in [0.5, 0.6) is 5.75 Å². The van der Waals surface area contributed by atoms with E-state index >= 15 is 0 Å². The van der Waals surface area contributed by atoms with Crippen LogP contribution in [0, 0.1) is 0 Å². The van der Waals surface area contributed by atoms with Crippen LogP contribution in [0.3, 0.4) is 0 Å². The second-order valence-electron chi connectivity index (χ2n) is 3.78. The molecule has 0 saturated carbocycles. The number of phenols is 1. The lowest BCUT2D eigenvalue weighted by atomic mass is 10.1. The third-order valence-corrected chi connectivity index (χ3v) is 2.41. The minimum absolute atomic E-state index is 0.174. The highest BCUT2D eigenvalue weighted by Gasteiger charge is 2.00. The summed E-state index contributed by atoms with van der Waals surface area (Å²) in [6.45, 7) is 4.18. The molecule has 0 aliphatic carbocycles. The summed E-state index contributed by atoms with van der Waals surface area (Å²) in [5.74, 6) is 0.0769. The van der Waals surface area contributed by atoms with E-state index in [4.69, 9.17) is 4.74 Å². The molecule has 1 N–H and O–H groups in total. The van der Waals surface area contributed by atoms with Gasteiger partial charge in [-0.1, -0.05) is 18.2 Å². The van der Waals surface area contributed by atoms with Crippen molar-refractivity contribution in [2.45, 2.75) is 26.7 Å². The summed E-state index contributed by atoms with van der Waals surface area (Å²) in [6.07, 6.45) is 3.02. The van der Waals surface area contributed by atoms with Gasteiger partial charge in [0.1, 0.15) is 5.75 Å². The molecule has 0 saturated heterocycles. The molecular formula is C14H18O3. The van der Waals surface area contributed by atoms with Crippen molar-refractivity contribution in [1.82, 2.24) is 0 Å². The van der Waals surface area contributed by atoms with E-state index in [1.54, 1.807) is 25.1 Å². The maximum absolute atomic E-state index is 11.1. The summed E-state index contributed by atoms with van der Waals surface area (Å²) in [5.41, 5.74) is 2.01. The second-order valence-corrected chi connectivity index (χ2v) is 3.78. The van der Waals surface area contributed by atoms with Crippen LogP contribution in [0.2, 0.25) is 0 Å². The third-order valence-electron chi connectivity index (χ3n) is 2.41. The maximum atomic E-state index is 11.1. The molecule has 0 bridgehead atoms. The van der Waals surface area contributed by atoms with E-state index in [0.717, 1.165) is 11.1 Å². The van der Waals surface area contributed by atoms with Crippen molar-refractivity contribution in [2.75, 3.05) is 6.61 Å². The van der Waals surface area contributed by atoms with E-state index in [9.17, 15) is 9.90 Å². The van der Waals surface area contributed by atoms with Gasteiger partial charge in [-0.15, -0.1) is 0 Å². The van der Waals surface area contributed by atoms with E-state index in [-0.39, 0.29) is 11.7 Å². The molecule has 0 aliphatic rings. The zero-order chi connectivity index (χ0) is 12.7. The molecule has 0 unspecified atom stereocenters. The first-order valence-corrected chi connectivity index (χ1v) is 5.75. The minimum atomic E-state index is -0.174. The van der Waals surface area contributed by atoms with Crippen LogP contribution in [0.4, 0.5) is 0 Å². The summed E-state index contributed by atoms with van der Waals surface area (Å²) in [7, 11) is 0. The lowest BCUT2D eigenvalue weighted by Gasteiger charge is -2.03. The van der Waals surface area contributed by atoms with Crippen molar-refractivity contribution in [1.29, 1.82) is 0 Å². The molecular weight excluding hydrogens is 216 g/mol. The minimum Gasteiger partial charge on any atom is -0.508 e. The maximum Gasteiger partial charge on any atom is 0.306 e. The Morgan fingerprint density at radius 2 is 2.24 bits per heavy atom. The number of benzene rings is 1. The quantitative estimate of drug-likeness (QED) is 0.796. The smallest absolute Gasteiger partial charge is 0.306 e. The van der Waals surface area contributed by atoms with E-state index in [1.165, 1.54) is 0 Å². The van der Waals surface area contributed by atoms with Gasteiger partial charge in [-0.3, -0.25) is 4.79 Å². The van der Waals surface area contributed by atoms with Gasteiger partial charge in [-0.05, 0) is 43.5 Å². The number of ether oxygens (including phenoxy) is 1. The fourth-order valence-electron chi connectivity index (χ4n) is 1.51. The Kier molecular flexibility index (Phi) is 5.27. The van der Waals surface area contributed by atoms with Gasteiger partial charge in [0.25, 0.3) is 0 Å². The number of carbonyl (C=O) groups excluding carboxylic acids is 1. The summed E-state index contributed by atoms with van der Waals surface area (Å²) >= 11 is 0. The van der Waals surface area contributed by atoms with Crippen molar-refractivity contribution in [3.05, 3.63) is 35.9 Å². The van der Waals surface area contributed by atoms with Crippen LogP contribution in [0.15, 0.2) is 30.3 Å². The van der Waals surface area contributed by atoms with Gasteiger partial charge in [-0.2, -0.15) is 0 Å². The highest BCUT2D eigenvalue weighted by atomic mass is 16.5. The number of esters is 1. The van der Waals surface area contributed by atoms with E-state index < -0.39 is 0 Å². The second kappa shape index (κ2) is 6.74. The fraction of sp³-hybridized carbons (Fsp3) is 0.357. The lowest BCUT2D eigenvalue weighted by molar-refractivity contribution is -0.142. The molecule has 1 rings (SSSR count). The normalized spacial score (nSPS) is 11.3. The molecule has 0 heterocycles. The van der Waals surface area contributed by atoms with E-state index in [0.29, 0.717) is 19.4 Å². The summed E-state index contributed by atoms with van der Waals surface area (Å²) < 4.78 is 4.84. The zero-order valence-electron chi connectivity index (χ0n) is 10.3. The summed E-state index contributed by atoms with van der Waals surface area (Å²) in [5, 5.41) is 9.34. The Labute approximate surface area is 102 Å². The van der Waals surface area contributed by atoms with Gasteiger partial charge in [0.15, 0.2) is 0 Å². The SMILES string of the molecule is CCOC(=O)CC/C=C(/C)c1cccc(O)c1. The van der Waals surface area contributed by atoms with Gasteiger partial charge < -0.3 is 9.84 Å². The highest BCUT2D eigenvalue weighted by molar-refractivity contribution is 5.70. The molecule has 0 amide bonds. The fourth-order valence-corrected chi connectivity index (χ4v) is 1.51. The van der Waals surface area contributed by atoms with Gasteiger partial charge in [-0.25, -0.2) is 0 Å². The van der Waals surface area contributed by atoms with E-state index in [2.05, 4.69) is 0 Å². The monoisotopic (exact) mass is 234 g/mol. The Morgan fingerprint density at radius 3 is 2.88 bits per heavy atom. The molecule has 17 heavy (non-hydrogen) atoms. The number of rotatable bonds is 5. The molecule has 0 aromatic heterocycles. The highest BCUT2D eigenvalue weighted by Crippen LogP contribution is 2.19. The average Bonchev–Trinajstić information content (AvgIpc) is 2.29. The summed E-state index contributed by atoms with van der Waals surface area (Å²) in [6, 6.07) is 7.06. The average molecular weight is 234 g/mol. The molecule has 92 valence electrons. The van der Waals surface area contributed by atoms with Gasteiger partial charge in [0.05, 0.1) is 6.61 Å². The Hall–Kier alpha value is -1.77. The van der Waals surface area contributed by atoms with Crippen molar-refractivity contribution in [2.24, 2.45) is 0 Å². The number of allylic oxidation sites excluding steroid dienone is 2. The molecule has 0 aliphatic heterocycles. The topological polar surface area (TPSA) is 46.5 Å². The van der Waals surface area contributed by atoms with Gasteiger partial charge >= 0.3 is 5.97 Å². The Balaban J connectivity index is 2.52. The number of aromatic hydroxyl groups is 1. The third kappa shape index (κ3) is 4.72. The van der Waals surface area contributed by atoms with Gasteiger partial charge in [0, 0.05) is 6.42 Å². The predicted molar refractivity (Wildman–Crippen MR) is 67.6 cm³/mol. The van der Waals surface area contributed by atoms with Crippen molar-refractivity contribution < 1.29 is 14.6 Å². The van der Waals surface area contributed by atoms with Crippen LogP contribution < -0.4 is 0 Å². The molecule has 3 heteroatoms. The number of hydrogen-bond acceptors (Lipinski definition) is 3. The Bertz CT molecular complexity index is 408. The molecule has 1 aromatic carbocycles. The summed E-state index contributed by atoms with van der Waals surface area (Å²) in [4.78, 5) is 11.1. The van der Waals surface area contributed by atoms with Crippen LogP contribution in [-0.2, 0) is 9.53 Å². The Morgan fingerprint density at radius 1 is 1.47 bits per heavy atom. The van der Waals surface area contributed by atoms with Crippen LogP contribution >= 0.6 is 0 Å². The zero-order valence-corrected chi connectivity index (χ0v) is 10.3. The number of phenolic OH excluding ortho intramolecular Hbond substituents is 1. The standard InChI is InChI=1S/C14H18O3/c1-3-17-14(16)9-4-6-11(2)12-7-5-8-13(15)10-12/h5-8,10,15H,3-4,9H2,1-2H3/b11-6-. The first kappa shape index (κ1) is 13.3. The van der Waals surface area contributed by atoms with Crippen molar-refractivity contribution >= 4 is 11.5 Å². The molecule has 3 nitrogen and oxygen atoms in total. The van der Waals surface area contributed by atoms with E-state index in [1.807, 2.05) is 19.1 Å². The first-order valence-electron chi connectivity index (χ1n) is 5.75. The van der Waals surface area contributed by atoms with Crippen LogP contribution in [0.1, 0.15) is 32.3 Å². The number of hydrogen-bond donors (Lipinski definition) is 1. The largest absolute Gasteiger partial charge is 0.508 e. The van der Waals surface area contributed by atoms with Gasteiger partial charge in [0.2, 0.25) is 0 Å². The molecule has 0 spiro atoms. The van der Waals surface area contributed by atoms with Crippen LogP contribution in [0.25, 0.3) is 5.57 Å². The molecule has 0 fully saturated rings.